The molecule has 0 saturated heterocycles. The van der Waals surface area contributed by atoms with Crippen LogP contribution in [0.2, 0.25) is 0 Å². The van der Waals surface area contributed by atoms with Gasteiger partial charge in [-0.3, -0.25) is 9.59 Å². The summed E-state index contributed by atoms with van der Waals surface area (Å²) < 4.78 is 10.9. The van der Waals surface area contributed by atoms with Gasteiger partial charge in [0.2, 0.25) is 5.91 Å². The molecule has 0 spiro atoms. The third-order valence-electron chi connectivity index (χ3n) is 5.29. The van der Waals surface area contributed by atoms with Gasteiger partial charge in [-0.05, 0) is 55.5 Å². The second-order valence-electron chi connectivity index (χ2n) is 8.41. The van der Waals surface area contributed by atoms with Gasteiger partial charge in [-0.2, -0.15) is 0 Å². The van der Waals surface area contributed by atoms with E-state index in [2.05, 4.69) is 19.2 Å². The van der Waals surface area contributed by atoms with Gasteiger partial charge in [0.1, 0.15) is 17.3 Å². The zero-order valence-electron chi connectivity index (χ0n) is 17.1. The molecule has 1 amide bonds. The highest BCUT2D eigenvalue weighted by Gasteiger charge is 2.35. The summed E-state index contributed by atoms with van der Waals surface area (Å²) in [7, 11) is 1.59. The molecule has 2 aromatic rings. The zero-order chi connectivity index (χ0) is 20.3. The molecule has 28 heavy (non-hydrogen) atoms. The van der Waals surface area contributed by atoms with Crippen LogP contribution in [-0.4, -0.2) is 18.8 Å². The Kier molecular flexibility index (Phi) is 5.92. The zero-order valence-corrected chi connectivity index (χ0v) is 17.1. The van der Waals surface area contributed by atoms with E-state index >= 15 is 0 Å². The average molecular weight is 383 g/mol. The molecular weight excluding hydrogens is 354 g/mol. The number of hydrogen-bond donors (Lipinski definition) is 1. The molecule has 0 bridgehead atoms. The third-order valence-corrected chi connectivity index (χ3v) is 5.29. The predicted octanol–water partition coefficient (Wildman–Crippen LogP) is 4.78. The molecule has 3 rings (SSSR count). The monoisotopic (exact) mass is 383 g/mol. The fourth-order valence-corrected chi connectivity index (χ4v) is 3.91. The molecule has 1 unspecified atom stereocenters. The Morgan fingerprint density at radius 2 is 1.93 bits per heavy atom. The van der Waals surface area contributed by atoms with Crippen LogP contribution in [0.25, 0.3) is 0 Å². The van der Waals surface area contributed by atoms with Crippen LogP contribution in [0.4, 0.5) is 0 Å². The van der Waals surface area contributed by atoms with Crippen molar-refractivity contribution >= 4 is 11.7 Å². The third kappa shape index (κ3) is 4.83. The number of aryl methyl sites for hydroxylation is 1. The molecular formula is C23H29NO4. The highest BCUT2D eigenvalue weighted by Crippen LogP contribution is 2.42. The number of Topliss-reactive ketones (excluding diaryl/α,β-unsaturated/α-hetero) is 1. The second kappa shape index (κ2) is 8.21. The van der Waals surface area contributed by atoms with Crippen LogP contribution >= 0.6 is 0 Å². The minimum absolute atomic E-state index is 0.0185. The highest BCUT2D eigenvalue weighted by molar-refractivity contribution is 5.96. The Hall–Kier alpha value is -2.56. The minimum Gasteiger partial charge on any atom is -0.497 e. The SMILES string of the molecule is COc1ccc(C(=O)CCCC(=O)NC2CC(C)(C)Cc3oc(C)cc32)cc1. The van der Waals surface area contributed by atoms with Crippen LogP contribution in [0.3, 0.4) is 0 Å². The maximum atomic E-state index is 12.5. The number of hydrogen-bond acceptors (Lipinski definition) is 4. The summed E-state index contributed by atoms with van der Waals surface area (Å²) in [5.74, 6) is 2.61. The fraction of sp³-hybridized carbons (Fsp3) is 0.478. The first-order chi connectivity index (χ1) is 13.3. The number of furan rings is 1. The van der Waals surface area contributed by atoms with Crippen molar-refractivity contribution in [1.82, 2.24) is 5.32 Å². The first kappa shape index (κ1) is 20.2. The van der Waals surface area contributed by atoms with E-state index in [-0.39, 0.29) is 23.1 Å². The van der Waals surface area contributed by atoms with E-state index in [1.54, 1.807) is 31.4 Å². The molecule has 150 valence electrons. The summed E-state index contributed by atoms with van der Waals surface area (Å²) in [4.78, 5) is 24.8. The Bertz CT molecular complexity index is 848. The Balaban J connectivity index is 1.52. The van der Waals surface area contributed by atoms with Crippen LogP contribution in [-0.2, 0) is 11.2 Å². The van der Waals surface area contributed by atoms with Crippen molar-refractivity contribution in [1.29, 1.82) is 0 Å². The van der Waals surface area contributed by atoms with Crippen LogP contribution in [0.5, 0.6) is 5.75 Å². The van der Waals surface area contributed by atoms with Gasteiger partial charge in [0.15, 0.2) is 5.78 Å². The summed E-state index contributed by atoms with van der Waals surface area (Å²) in [6.45, 7) is 6.33. The lowest BCUT2D eigenvalue weighted by atomic mass is 9.74. The number of methoxy groups -OCH3 is 1. The van der Waals surface area contributed by atoms with Crippen molar-refractivity contribution in [2.24, 2.45) is 5.41 Å². The predicted molar refractivity (Wildman–Crippen MR) is 108 cm³/mol. The number of ether oxygens (including phenoxy) is 1. The Labute approximate surface area is 166 Å². The molecule has 1 aliphatic rings. The normalized spacial score (nSPS) is 17.6. The van der Waals surface area contributed by atoms with Crippen LogP contribution in [0.15, 0.2) is 34.7 Å². The molecule has 1 aliphatic carbocycles. The van der Waals surface area contributed by atoms with Crippen LogP contribution in [0.1, 0.15) is 73.0 Å². The van der Waals surface area contributed by atoms with Crippen molar-refractivity contribution in [3.8, 4) is 5.75 Å². The summed E-state index contributed by atoms with van der Waals surface area (Å²) in [6, 6.07) is 9.07. The smallest absolute Gasteiger partial charge is 0.220 e. The average Bonchev–Trinajstić information content (AvgIpc) is 3.00. The molecule has 5 heteroatoms. The van der Waals surface area contributed by atoms with Crippen molar-refractivity contribution in [3.63, 3.8) is 0 Å². The number of benzene rings is 1. The van der Waals surface area contributed by atoms with Gasteiger partial charge < -0.3 is 14.5 Å². The number of carbonyl (C=O) groups is 2. The fourth-order valence-electron chi connectivity index (χ4n) is 3.91. The number of rotatable bonds is 7. The molecule has 1 atom stereocenters. The minimum atomic E-state index is -0.0269. The van der Waals surface area contributed by atoms with E-state index in [9.17, 15) is 9.59 Å². The Morgan fingerprint density at radius 3 is 2.61 bits per heavy atom. The van der Waals surface area contributed by atoms with Gasteiger partial charge in [0.25, 0.3) is 0 Å². The standard InChI is InChI=1S/C23H29NO4/c1-15-12-18-19(13-23(2,3)14-21(18)28-15)24-22(26)7-5-6-20(25)16-8-10-17(27-4)11-9-16/h8-12,19H,5-7,13-14H2,1-4H3,(H,24,26). The number of ketones is 1. The molecule has 0 fully saturated rings. The van der Waals surface area contributed by atoms with E-state index in [0.29, 0.717) is 24.8 Å². The van der Waals surface area contributed by atoms with Crippen molar-refractivity contribution in [3.05, 3.63) is 53.0 Å². The first-order valence-corrected chi connectivity index (χ1v) is 9.83. The Morgan fingerprint density at radius 1 is 1.21 bits per heavy atom. The quantitative estimate of drug-likeness (QED) is 0.699. The van der Waals surface area contributed by atoms with Gasteiger partial charge >= 0.3 is 0 Å². The van der Waals surface area contributed by atoms with Crippen molar-refractivity contribution in [2.45, 2.75) is 58.9 Å². The number of fused-ring (bicyclic) bond motifs is 1. The van der Waals surface area contributed by atoms with Gasteiger partial charge in [0.05, 0.1) is 13.2 Å². The molecule has 0 aliphatic heterocycles. The van der Waals surface area contributed by atoms with Gasteiger partial charge in [-0.25, -0.2) is 0 Å². The van der Waals surface area contributed by atoms with E-state index < -0.39 is 0 Å². The van der Waals surface area contributed by atoms with Crippen LogP contribution in [0, 0.1) is 12.3 Å². The lowest BCUT2D eigenvalue weighted by Gasteiger charge is -2.34. The van der Waals surface area contributed by atoms with Gasteiger partial charge in [-0.1, -0.05) is 13.8 Å². The van der Waals surface area contributed by atoms with Gasteiger partial charge in [0, 0.05) is 30.4 Å². The molecule has 0 saturated carbocycles. The molecule has 1 aromatic heterocycles. The number of amides is 1. The van der Waals surface area contributed by atoms with E-state index in [4.69, 9.17) is 9.15 Å². The highest BCUT2D eigenvalue weighted by atomic mass is 16.5. The molecule has 1 heterocycles. The largest absolute Gasteiger partial charge is 0.497 e. The van der Waals surface area contributed by atoms with Crippen molar-refractivity contribution in [2.75, 3.05) is 7.11 Å². The number of carbonyl (C=O) groups excluding carboxylic acids is 2. The maximum absolute atomic E-state index is 12.5. The summed E-state index contributed by atoms with van der Waals surface area (Å²) in [5.41, 5.74) is 1.83. The van der Waals surface area contributed by atoms with E-state index in [1.807, 2.05) is 13.0 Å². The molecule has 5 nitrogen and oxygen atoms in total. The van der Waals surface area contributed by atoms with Crippen molar-refractivity contribution < 1.29 is 18.7 Å². The summed E-state index contributed by atoms with van der Waals surface area (Å²) >= 11 is 0. The second-order valence-corrected chi connectivity index (χ2v) is 8.41. The maximum Gasteiger partial charge on any atom is 0.220 e. The molecule has 1 aromatic carbocycles. The topological polar surface area (TPSA) is 68.5 Å². The lowest BCUT2D eigenvalue weighted by Crippen LogP contribution is -2.35. The summed E-state index contributed by atoms with van der Waals surface area (Å²) in [6.07, 6.45) is 3.00. The van der Waals surface area contributed by atoms with Gasteiger partial charge in [-0.15, -0.1) is 0 Å². The lowest BCUT2D eigenvalue weighted by molar-refractivity contribution is -0.122. The van der Waals surface area contributed by atoms with E-state index in [0.717, 1.165) is 35.7 Å². The summed E-state index contributed by atoms with van der Waals surface area (Å²) in [5, 5.41) is 3.15. The molecule has 1 N–H and O–H groups in total. The number of nitrogens with one attached hydrogen (secondary N) is 1. The van der Waals surface area contributed by atoms with E-state index in [1.165, 1.54) is 0 Å². The van der Waals surface area contributed by atoms with Crippen LogP contribution < -0.4 is 10.1 Å². The first-order valence-electron chi connectivity index (χ1n) is 9.83. The molecule has 0 radical (unpaired) electrons.